The molecule has 1 aromatic carbocycles. The molecule has 6 rings (SSSR count). The van der Waals surface area contributed by atoms with Crippen molar-refractivity contribution >= 4 is 18.2 Å². The van der Waals surface area contributed by atoms with Crippen molar-refractivity contribution < 1.29 is 14.1 Å². The highest BCUT2D eigenvalue weighted by Crippen LogP contribution is 2.69. The van der Waals surface area contributed by atoms with Gasteiger partial charge < -0.3 is 9.30 Å². The van der Waals surface area contributed by atoms with E-state index < -0.39 is 7.14 Å². The molecule has 0 amide bonds. The van der Waals surface area contributed by atoms with Gasteiger partial charge in [0.2, 0.25) is 0 Å². The van der Waals surface area contributed by atoms with Crippen LogP contribution < -0.4 is 5.30 Å². The molecule has 180 valence electrons. The Morgan fingerprint density at radius 1 is 1.12 bits per heavy atom. The maximum Gasteiger partial charge on any atom is 0.137 e. The molecule has 1 spiro atoms. The standard InChI is InChI=1S/C30H37O3P/c1-19-14-16-33-30(19)15-13-27-25-11-7-21-17-22(31)8-12-24(21)28(25)26(18-29(27,30)2)20-5-9-23(10-6-20)34(3,4)32/h5-7,9-10,25-27H,1,8,11-18H2,2-4H3/t25-,26+,27-,29-,30+/m0/s1. The zero-order valence-corrected chi connectivity index (χ0v) is 21.8. The van der Waals surface area contributed by atoms with Crippen LogP contribution in [-0.4, -0.2) is 31.3 Å². The average molecular weight is 477 g/mol. The van der Waals surface area contributed by atoms with Crippen molar-refractivity contribution in [1.29, 1.82) is 0 Å². The Bertz CT molecular complexity index is 1180. The van der Waals surface area contributed by atoms with Crippen LogP contribution in [0.4, 0.5) is 0 Å². The third-order valence-electron chi connectivity index (χ3n) is 10.1. The lowest BCUT2D eigenvalue weighted by Crippen LogP contribution is -2.51. The van der Waals surface area contributed by atoms with E-state index in [1.165, 1.54) is 28.7 Å². The SMILES string of the molecule is C=C1CCO[C@]12CC[C@H]1[C@@H]3CC=C4CC(=O)CCC4=C3[C@@H](c3ccc(P(C)(C)=O)cc3)C[C@@]12C. The van der Waals surface area contributed by atoms with Crippen LogP contribution in [0.1, 0.15) is 69.8 Å². The molecule has 0 N–H and O–H groups in total. The van der Waals surface area contributed by atoms with Crippen LogP contribution in [0.2, 0.25) is 0 Å². The number of carbonyl (C=O) groups excluding carboxylic acids is 1. The Morgan fingerprint density at radius 2 is 1.88 bits per heavy atom. The van der Waals surface area contributed by atoms with Crippen molar-refractivity contribution in [2.75, 3.05) is 19.9 Å². The molecule has 1 aromatic rings. The average Bonchev–Trinajstić information content (AvgIpc) is 3.32. The molecule has 5 atom stereocenters. The predicted octanol–water partition coefficient (Wildman–Crippen LogP) is 6.55. The van der Waals surface area contributed by atoms with E-state index in [1.54, 1.807) is 5.57 Å². The number of fused-ring (bicyclic) bond motifs is 5. The number of allylic oxidation sites excluding steroid dienone is 4. The van der Waals surface area contributed by atoms with Crippen LogP contribution in [0, 0.1) is 17.3 Å². The second-order valence-corrected chi connectivity index (χ2v) is 15.2. The minimum atomic E-state index is -2.29. The van der Waals surface area contributed by atoms with Gasteiger partial charge in [-0.2, -0.15) is 0 Å². The zero-order valence-electron chi connectivity index (χ0n) is 20.9. The van der Waals surface area contributed by atoms with Gasteiger partial charge in [0.05, 0.1) is 12.2 Å². The maximum atomic E-state index is 12.7. The zero-order chi connectivity index (χ0) is 23.9. The molecule has 4 aliphatic carbocycles. The summed E-state index contributed by atoms with van der Waals surface area (Å²) in [4.78, 5) is 12.3. The minimum Gasteiger partial charge on any atom is -0.370 e. The summed E-state index contributed by atoms with van der Waals surface area (Å²) in [6.45, 7) is 11.5. The summed E-state index contributed by atoms with van der Waals surface area (Å²) in [5.41, 5.74) is 6.88. The van der Waals surface area contributed by atoms with Gasteiger partial charge in [-0.3, -0.25) is 4.79 Å². The molecule has 3 saturated carbocycles. The first-order chi connectivity index (χ1) is 16.1. The second kappa shape index (κ2) is 7.65. The number of rotatable bonds is 2. The molecule has 0 aromatic heterocycles. The molecule has 4 heteroatoms. The van der Waals surface area contributed by atoms with Crippen LogP contribution >= 0.6 is 7.14 Å². The van der Waals surface area contributed by atoms with Crippen molar-refractivity contribution in [2.45, 2.75) is 69.8 Å². The number of carbonyl (C=O) groups is 1. The largest absolute Gasteiger partial charge is 0.370 e. The van der Waals surface area contributed by atoms with Crippen LogP contribution in [-0.2, 0) is 14.1 Å². The first-order valence-corrected chi connectivity index (χ1v) is 15.7. The van der Waals surface area contributed by atoms with Gasteiger partial charge in [0.25, 0.3) is 0 Å². The first kappa shape index (κ1) is 22.7. The normalized spacial score (nSPS) is 37.5. The highest BCUT2D eigenvalue weighted by atomic mass is 31.2. The number of benzene rings is 1. The summed E-state index contributed by atoms with van der Waals surface area (Å²) in [6, 6.07) is 8.63. The third kappa shape index (κ3) is 3.12. The molecule has 3 nitrogen and oxygen atoms in total. The van der Waals surface area contributed by atoms with Gasteiger partial charge in [0, 0.05) is 29.5 Å². The summed E-state index contributed by atoms with van der Waals surface area (Å²) in [5.74, 6) is 1.79. The van der Waals surface area contributed by atoms with E-state index in [0.717, 1.165) is 44.0 Å². The van der Waals surface area contributed by atoms with Crippen molar-refractivity contribution in [1.82, 2.24) is 0 Å². The topological polar surface area (TPSA) is 43.4 Å². The van der Waals surface area contributed by atoms with E-state index in [1.807, 2.05) is 13.3 Å². The van der Waals surface area contributed by atoms with Crippen LogP contribution in [0.25, 0.3) is 0 Å². The fourth-order valence-electron chi connectivity index (χ4n) is 8.42. The molecule has 0 unspecified atom stereocenters. The van der Waals surface area contributed by atoms with Crippen LogP contribution in [0.15, 0.2) is 59.2 Å². The van der Waals surface area contributed by atoms with E-state index >= 15 is 0 Å². The van der Waals surface area contributed by atoms with Crippen molar-refractivity contribution in [3.8, 4) is 0 Å². The lowest BCUT2D eigenvalue weighted by molar-refractivity contribution is -0.118. The van der Waals surface area contributed by atoms with Gasteiger partial charge in [-0.1, -0.05) is 49.4 Å². The molecule has 1 aliphatic heterocycles. The van der Waals surface area contributed by atoms with Crippen molar-refractivity contribution in [3.63, 3.8) is 0 Å². The number of hydrogen-bond donors (Lipinski definition) is 0. The number of ketones is 1. The highest BCUT2D eigenvalue weighted by Gasteiger charge is 2.65. The van der Waals surface area contributed by atoms with Gasteiger partial charge >= 0.3 is 0 Å². The molecular formula is C30H37O3P. The maximum absolute atomic E-state index is 12.7. The summed E-state index contributed by atoms with van der Waals surface area (Å²) in [7, 11) is -2.29. The summed E-state index contributed by atoms with van der Waals surface area (Å²) >= 11 is 0. The minimum absolute atomic E-state index is 0.0548. The molecule has 4 fully saturated rings. The third-order valence-corrected chi connectivity index (χ3v) is 11.6. The molecule has 34 heavy (non-hydrogen) atoms. The van der Waals surface area contributed by atoms with Crippen molar-refractivity contribution in [3.05, 3.63) is 64.8 Å². The molecule has 0 bridgehead atoms. The molecular weight excluding hydrogens is 439 g/mol. The fourth-order valence-corrected chi connectivity index (χ4v) is 9.29. The van der Waals surface area contributed by atoms with E-state index in [9.17, 15) is 9.36 Å². The number of hydrogen-bond acceptors (Lipinski definition) is 3. The number of Topliss-reactive ketones (excluding diaryl/α,β-unsaturated/α-hetero) is 1. The van der Waals surface area contributed by atoms with E-state index in [-0.39, 0.29) is 11.0 Å². The Kier molecular flexibility index (Phi) is 5.12. The van der Waals surface area contributed by atoms with E-state index in [0.29, 0.717) is 36.4 Å². The van der Waals surface area contributed by atoms with E-state index in [4.69, 9.17) is 4.74 Å². The Hall–Kier alpha value is -1.70. The Balaban J connectivity index is 1.50. The summed E-state index contributed by atoms with van der Waals surface area (Å²) in [5, 5.41) is 0.947. The monoisotopic (exact) mass is 476 g/mol. The first-order valence-electron chi connectivity index (χ1n) is 13.1. The Morgan fingerprint density at radius 3 is 2.56 bits per heavy atom. The number of ether oxygens (including phenoxy) is 1. The lowest BCUT2D eigenvalue weighted by Gasteiger charge is -2.55. The van der Waals surface area contributed by atoms with Gasteiger partial charge in [-0.15, -0.1) is 0 Å². The fraction of sp³-hybridized carbons (Fsp3) is 0.567. The molecule has 1 saturated heterocycles. The van der Waals surface area contributed by atoms with Gasteiger partial charge in [-0.05, 0) is 86.0 Å². The van der Waals surface area contributed by atoms with E-state index in [2.05, 4.69) is 43.8 Å². The summed E-state index contributed by atoms with van der Waals surface area (Å²) in [6.07, 6.45) is 9.93. The quantitative estimate of drug-likeness (QED) is 0.359. The summed E-state index contributed by atoms with van der Waals surface area (Å²) < 4.78 is 19.3. The lowest BCUT2D eigenvalue weighted by atomic mass is 9.51. The van der Waals surface area contributed by atoms with Crippen molar-refractivity contribution in [2.24, 2.45) is 17.3 Å². The molecule has 0 radical (unpaired) electrons. The molecule has 1 heterocycles. The smallest absolute Gasteiger partial charge is 0.137 e. The van der Waals surface area contributed by atoms with Gasteiger partial charge in [-0.25, -0.2) is 0 Å². The Labute approximate surface area is 204 Å². The highest BCUT2D eigenvalue weighted by molar-refractivity contribution is 7.70. The van der Waals surface area contributed by atoms with Gasteiger partial charge in [0.15, 0.2) is 0 Å². The van der Waals surface area contributed by atoms with Gasteiger partial charge in [0.1, 0.15) is 12.9 Å². The predicted molar refractivity (Wildman–Crippen MR) is 138 cm³/mol. The van der Waals surface area contributed by atoms with Crippen LogP contribution in [0.3, 0.4) is 0 Å². The van der Waals surface area contributed by atoms with Crippen LogP contribution in [0.5, 0.6) is 0 Å². The second-order valence-electron chi connectivity index (χ2n) is 12.0. The molecule has 5 aliphatic rings.